The Morgan fingerprint density at radius 3 is 2.60 bits per heavy atom. The van der Waals surface area contributed by atoms with Gasteiger partial charge in [0.2, 0.25) is 6.54 Å². The molecule has 0 amide bonds. The van der Waals surface area contributed by atoms with Crippen LogP contribution in [0, 0.1) is 10.1 Å². The Kier molecular flexibility index (Phi) is 3.11. The Balaban J connectivity index is 3.24. The van der Waals surface area contributed by atoms with E-state index in [0.29, 0.717) is 0 Å². The summed E-state index contributed by atoms with van der Waals surface area (Å²) < 4.78 is 0. The number of halogens is 1. The van der Waals surface area contributed by atoms with E-state index in [1.54, 1.807) is 0 Å². The largest absolute Gasteiger partial charge is 0.506 e. The third kappa shape index (κ3) is 2.57. The molecule has 6 nitrogen and oxygen atoms in total. The van der Waals surface area contributed by atoms with Gasteiger partial charge in [-0.15, -0.1) is 0 Å². The fourth-order valence-electron chi connectivity index (χ4n) is 1.05. The molecular weight excluding hydrogens is 226 g/mol. The number of nitrogens with zero attached hydrogens (tertiary/aromatic N) is 1. The summed E-state index contributed by atoms with van der Waals surface area (Å²) in [7, 11) is 0. The Morgan fingerprint density at radius 2 is 2.13 bits per heavy atom. The highest BCUT2D eigenvalue weighted by Crippen LogP contribution is 2.29. The average Bonchev–Trinajstić information content (AvgIpc) is 2.11. The highest BCUT2D eigenvalue weighted by molar-refractivity contribution is 6.32. The van der Waals surface area contributed by atoms with Gasteiger partial charge < -0.3 is 10.2 Å². The molecule has 0 spiro atoms. The number of hydrogen-bond acceptors (Lipinski definition) is 4. The highest BCUT2D eigenvalue weighted by atomic mass is 35.5. The zero-order valence-corrected chi connectivity index (χ0v) is 8.06. The number of phenols is 1. The van der Waals surface area contributed by atoms with Crippen LogP contribution in [0.5, 0.6) is 5.75 Å². The highest BCUT2D eigenvalue weighted by Gasteiger charge is 2.15. The molecule has 0 saturated carbocycles. The summed E-state index contributed by atoms with van der Waals surface area (Å²) in [5.74, 6) is -1.76. The minimum Gasteiger partial charge on any atom is -0.506 e. The van der Waals surface area contributed by atoms with Crippen molar-refractivity contribution in [2.45, 2.75) is 6.54 Å². The molecule has 0 radical (unpaired) electrons. The van der Waals surface area contributed by atoms with Crippen LogP contribution in [0.3, 0.4) is 0 Å². The van der Waals surface area contributed by atoms with Crippen LogP contribution in [0.4, 0.5) is 0 Å². The second-order valence-electron chi connectivity index (χ2n) is 2.76. The number of carbonyl (C=O) groups is 1. The molecule has 0 aliphatic carbocycles. The van der Waals surface area contributed by atoms with Gasteiger partial charge in [-0.2, -0.15) is 0 Å². The molecule has 0 fully saturated rings. The van der Waals surface area contributed by atoms with Crippen LogP contribution in [0.2, 0.25) is 5.02 Å². The standard InChI is InChI=1S/C8H6ClNO5/c9-7-5(3-10(14)15)1-4(8(12)13)2-6(7)11/h1-2,11H,3H2,(H,12,13). The molecule has 1 aromatic carbocycles. The number of hydrogen-bond donors (Lipinski definition) is 2. The monoisotopic (exact) mass is 231 g/mol. The van der Waals surface area contributed by atoms with Crippen molar-refractivity contribution in [3.63, 3.8) is 0 Å². The molecule has 2 N–H and O–H groups in total. The van der Waals surface area contributed by atoms with Gasteiger partial charge in [-0.3, -0.25) is 10.1 Å². The van der Waals surface area contributed by atoms with Gasteiger partial charge in [0.05, 0.1) is 10.6 Å². The summed E-state index contributed by atoms with van der Waals surface area (Å²) in [6.07, 6.45) is 0. The summed E-state index contributed by atoms with van der Waals surface area (Å²) in [4.78, 5) is 20.1. The summed E-state index contributed by atoms with van der Waals surface area (Å²) in [6, 6.07) is 2.00. The van der Waals surface area contributed by atoms with E-state index in [-0.39, 0.29) is 16.1 Å². The zero-order valence-electron chi connectivity index (χ0n) is 7.31. The second-order valence-corrected chi connectivity index (χ2v) is 3.14. The van der Waals surface area contributed by atoms with Gasteiger partial charge in [0.25, 0.3) is 0 Å². The third-order valence-electron chi connectivity index (χ3n) is 1.68. The molecule has 0 unspecified atom stereocenters. The van der Waals surface area contributed by atoms with Gasteiger partial charge in [0, 0.05) is 10.5 Å². The molecule has 1 aromatic rings. The van der Waals surface area contributed by atoms with Gasteiger partial charge in [0.1, 0.15) is 5.75 Å². The number of rotatable bonds is 3. The SMILES string of the molecule is O=C(O)c1cc(O)c(Cl)c(C[N+](=O)[O-])c1. The zero-order chi connectivity index (χ0) is 11.6. The molecule has 0 aromatic heterocycles. The summed E-state index contributed by atoms with van der Waals surface area (Å²) in [5.41, 5.74) is -0.271. The van der Waals surface area contributed by atoms with Gasteiger partial charge in [-0.1, -0.05) is 11.6 Å². The van der Waals surface area contributed by atoms with Gasteiger partial charge in [0.15, 0.2) is 0 Å². The molecule has 0 aliphatic rings. The predicted octanol–water partition coefficient (Wildman–Crippen LogP) is 1.52. The lowest BCUT2D eigenvalue weighted by molar-refractivity contribution is -0.496. The molecule has 1 rings (SSSR count). The van der Waals surface area contributed by atoms with E-state index in [1.807, 2.05) is 0 Å². The Labute approximate surface area is 88.9 Å². The number of carboxylic acids is 1. The fourth-order valence-corrected chi connectivity index (χ4v) is 1.21. The second kappa shape index (κ2) is 4.14. The maximum atomic E-state index is 10.6. The molecule has 0 aliphatic heterocycles. The van der Waals surface area contributed by atoms with Gasteiger partial charge >= 0.3 is 5.97 Å². The van der Waals surface area contributed by atoms with Crippen molar-refractivity contribution >= 4 is 17.6 Å². The fraction of sp³-hybridized carbons (Fsp3) is 0.125. The van der Waals surface area contributed by atoms with E-state index in [4.69, 9.17) is 16.7 Å². The molecule has 80 valence electrons. The van der Waals surface area contributed by atoms with Gasteiger partial charge in [-0.25, -0.2) is 4.79 Å². The quantitative estimate of drug-likeness (QED) is 0.607. The van der Waals surface area contributed by atoms with Crippen molar-refractivity contribution in [1.29, 1.82) is 0 Å². The van der Waals surface area contributed by atoms with E-state index < -0.39 is 23.2 Å². The molecule has 15 heavy (non-hydrogen) atoms. The van der Waals surface area contributed by atoms with E-state index in [1.165, 1.54) is 0 Å². The van der Waals surface area contributed by atoms with Crippen LogP contribution >= 0.6 is 11.6 Å². The minimum atomic E-state index is -1.29. The molecule has 0 saturated heterocycles. The van der Waals surface area contributed by atoms with Gasteiger partial charge in [-0.05, 0) is 12.1 Å². The smallest absolute Gasteiger partial charge is 0.335 e. The normalized spacial score (nSPS) is 9.93. The lowest BCUT2D eigenvalue weighted by Crippen LogP contribution is -2.03. The van der Waals surface area contributed by atoms with E-state index in [2.05, 4.69) is 0 Å². The molecule has 0 atom stereocenters. The maximum Gasteiger partial charge on any atom is 0.335 e. The molecular formula is C8H6ClNO5. The first-order chi connectivity index (χ1) is 6.91. The number of aromatic carboxylic acids is 1. The Morgan fingerprint density at radius 1 is 1.53 bits per heavy atom. The summed E-state index contributed by atoms with van der Waals surface area (Å²) in [5, 5.41) is 27.9. The van der Waals surface area contributed by atoms with Crippen molar-refractivity contribution < 1.29 is 19.9 Å². The minimum absolute atomic E-state index is 0.0286. The molecule has 0 bridgehead atoms. The number of phenolic OH excluding ortho intramolecular Hbond substituents is 1. The lowest BCUT2D eigenvalue weighted by Gasteiger charge is -2.03. The maximum absolute atomic E-state index is 10.6. The molecule has 0 heterocycles. The van der Waals surface area contributed by atoms with Crippen LogP contribution in [0.15, 0.2) is 12.1 Å². The van der Waals surface area contributed by atoms with Crippen molar-refractivity contribution in [2.75, 3.05) is 0 Å². The number of aromatic hydroxyl groups is 1. The average molecular weight is 232 g/mol. The first kappa shape index (κ1) is 11.3. The first-order valence-corrected chi connectivity index (χ1v) is 4.16. The van der Waals surface area contributed by atoms with Crippen molar-refractivity contribution in [1.82, 2.24) is 0 Å². The van der Waals surface area contributed by atoms with Crippen LogP contribution < -0.4 is 0 Å². The Bertz CT molecular complexity index is 431. The van der Waals surface area contributed by atoms with E-state index >= 15 is 0 Å². The first-order valence-electron chi connectivity index (χ1n) is 3.78. The van der Waals surface area contributed by atoms with Crippen molar-refractivity contribution in [3.8, 4) is 5.75 Å². The number of carboxylic acid groups (broad SMARTS) is 1. The predicted molar refractivity (Wildman–Crippen MR) is 50.8 cm³/mol. The number of benzene rings is 1. The van der Waals surface area contributed by atoms with Crippen LogP contribution in [-0.2, 0) is 6.54 Å². The van der Waals surface area contributed by atoms with Crippen LogP contribution in [0.1, 0.15) is 15.9 Å². The van der Waals surface area contributed by atoms with E-state index in [9.17, 15) is 20.0 Å². The van der Waals surface area contributed by atoms with Crippen molar-refractivity contribution in [2.24, 2.45) is 0 Å². The van der Waals surface area contributed by atoms with Crippen LogP contribution in [0.25, 0.3) is 0 Å². The third-order valence-corrected chi connectivity index (χ3v) is 2.11. The van der Waals surface area contributed by atoms with Crippen molar-refractivity contribution in [3.05, 3.63) is 38.4 Å². The summed E-state index contributed by atoms with van der Waals surface area (Å²) >= 11 is 5.57. The molecule has 7 heteroatoms. The van der Waals surface area contributed by atoms with Crippen LogP contribution in [-0.4, -0.2) is 21.1 Å². The Hall–Kier alpha value is -1.82. The number of nitro groups is 1. The lowest BCUT2D eigenvalue weighted by atomic mass is 10.1. The topological polar surface area (TPSA) is 101 Å². The summed E-state index contributed by atoms with van der Waals surface area (Å²) in [6.45, 7) is -0.631. The van der Waals surface area contributed by atoms with E-state index in [0.717, 1.165) is 12.1 Å².